The lowest BCUT2D eigenvalue weighted by Crippen LogP contribution is -2.23. The highest BCUT2D eigenvalue weighted by atomic mass is 16.1. The van der Waals surface area contributed by atoms with E-state index in [0.29, 0.717) is 16.5 Å². The molecule has 0 fully saturated rings. The molecule has 0 aliphatic carbocycles. The minimum atomic E-state index is -0.0675. The molecule has 2 aromatic carbocycles. The molecule has 180 valence electrons. The van der Waals surface area contributed by atoms with Crippen molar-refractivity contribution in [3.8, 4) is 11.8 Å². The van der Waals surface area contributed by atoms with Crippen molar-refractivity contribution in [3.63, 3.8) is 0 Å². The summed E-state index contributed by atoms with van der Waals surface area (Å²) >= 11 is 0. The number of hydrogen-bond acceptors (Lipinski definition) is 5. The molecule has 0 amide bonds. The summed E-state index contributed by atoms with van der Waals surface area (Å²) in [5.41, 5.74) is 5.55. The fraction of sp³-hybridized carbons (Fsp3) is 0.207. The maximum absolute atomic E-state index is 12.8. The molecule has 0 aliphatic heterocycles. The van der Waals surface area contributed by atoms with Gasteiger partial charge < -0.3 is 15.6 Å². The quantitative estimate of drug-likeness (QED) is 0.252. The third-order valence-electron chi connectivity index (χ3n) is 6.39. The van der Waals surface area contributed by atoms with Crippen molar-refractivity contribution in [1.82, 2.24) is 19.9 Å². The molecule has 0 saturated heterocycles. The van der Waals surface area contributed by atoms with Crippen molar-refractivity contribution in [2.75, 3.05) is 25.0 Å². The van der Waals surface area contributed by atoms with E-state index in [-0.39, 0.29) is 5.56 Å². The molecule has 0 spiro atoms. The van der Waals surface area contributed by atoms with Gasteiger partial charge in [0.05, 0.1) is 22.5 Å². The summed E-state index contributed by atoms with van der Waals surface area (Å²) in [7, 11) is 0. The van der Waals surface area contributed by atoms with Crippen LogP contribution in [-0.4, -0.2) is 34.2 Å². The van der Waals surface area contributed by atoms with Crippen molar-refractivity contribution in [1.29, 1.82) is 5.26 Å². The fourth-order valence-electron chi connectivity index (χ4n) is 4.46. The Morgan fingerprint density at radius 2 is 1.86 bits per heavy atom. The molecule has 3 aromatic heterocycles. The predicted molar refractivity (Wildman–Crippen MR) is 145 cm³/mol. The van der Waals surface area contributed by atoms with E-state index in [1.807, 2.05) is 48.5 Å². The number of aromatic amines is 1. The summed E-state index contributed by atoms with van der Waals surface area (Å²) in [6.07, 6.45) is 8.71. The van der Waals surface area contributed by atoms with E-state index in [9.17, 15) is 4.79 Å². The Kier molecular flexibility index (Phi) is 7.06. The maximum atomic E-state index is 12.8. The first-order valence-corrected chi connectivity index (χ1v) is 12.2. The molecule has 7 heteroatoms. The SMILES string of the molecule is N#Cc1ccc2[nH]cc(CCCCNCCNc3ccc(-n4ccc5ncccc5c4=O)cc3)c2c1. The topological polar surface area (TPSA) is 98.5 Å². The highest BCUT2D eigenvalue weighted by Crippen LogP contribution is 2.21. The number of fused-ring (bicyclic) bond motifs is 2. The highest BCUT2D eigenvalue weighted by Gasteiger charge is 2.06. The Balaban J connectivity index is 1.04. The Hall–Kier alpha value is -4.41. The Bertz CT molecular complexity index is 1580. The number of nitrogens with one attached hydrogen (secondary N) is 3. The predicted octanol–water partition coefficient (Wildman–Crippen LogP) is 4.76. The summed E-state index contributed by atoms with van der Waals surface area (Å²) in [5, 5.41) is 17.8. The molecule has 3 heterocycles. The number of H-pyrrole nitrogens is 1. The van der Waals surface area contributed by atoms with Crippen LogP contribution < -0.4 is 16.2 Å². The number of aromatic nitrogens is 3. The minimum absolute atomic E-state index is 0.0675. The van der Waals surface area contributed by atoms with Crippen LogP contribution in [0.25, 0.3) is 27.5 Å². The largest absolute Gasteiger partial charge is 0.384 e. The number of rotatable bonds is 10. The zero-order valence-electron chi connectivity index (χ0n) is 20.0. The highest BCUT2D eigenvalue weighted by molar-refractivity contribution is 5.84. The summed E-state index contributed by atoms with van der Waals surface area (Å²) in [5.74, 6) is 0. The van der Waals surface area contributed by atoms with Gasteiger partial charge in [-0.3, -0.25) is 14.3 Å². The minimum Gasteiger partial charge on any atom is -0.384 e. The second-order valence-corrected chi connectivity index (χ2v) is 8.79. The lowest BCUT2D eigenvalue weighted by atomic mass is 10.1. The third kappa shape index (κ3) is 5.14. The van der Waals surface area contributed by atoms with E-state index in [0.717, 1.165) is 61.2 Å². The Morgan fingerprint density at radius 3 is 2.72 bits per heavy atom. The van der Waals surface area contributed by atoms with Crippen LogP contribution >= 0.6 is 0 Å². The standard InChI is InChI=1S/C29H28N6O/c30-19-21-6-11-27-26(18-21)22(20-34-27)4-1-2-13-31-15-16-32-23-7-9-24(10-8-23)35-17-12-28-25(29(35)36)5-3-14-33-28/h3,5-12,14,17-18,20,31-32,34H,1-2,4,13,15-16H2. The summed E-state index contributed by atoms with van der Waals surface area (Å²) in [6.45, 7) is 2.66. The smallest absolute Gasteiger partial charge is 0.264 e. The van der Waals surface area contributed by atoms with Gasteiger partial charge in [0.1, 0.15) is 0 Å². The van der Waals surface area contributed by atoms with E-state index in [2.05, 4.69) is 32.9 Å². The first-order valence-electron chi connectivity index (χ1n) is 12.2. The molecule has 0 saturated carbocycles. The van der Waals surface area contributed by atoms with Crippen molar-refractivity contribution < 1.29 is 0 Å². The van der Waals surface area contributed by atoms with E-state index in [1.165, 1.54) is 5.56 Å². The van der Waals surface area contributed by atoms with Gasteiger partial charge in [-0.2, -0.15) is 5.26 Å². The molecular weight excluding hydrogens is 448 g/mol. The maximum Gasteiger partial charge on any atom is 0.264 e. The monoisotopic (exact) mass is 476 g/mol. The van der Waals surface area contributed by atoms with Crippen LogP contribution in [-0.2, 0) is 6.42 Å². The van der Waals surface area contributed by atoms with Gasteiger partial charge in [0, 0.05) is 54.0 Å². The van der Waals surface area contributed by atoms with Crippen molar-refractivity contribution >= 4 is 27.5 Å². The van der Waals surface area contributed by atoms with Gasteiger partial charge >= 0.3 is 0 Å². The van der Waals surface area contributed by atoms with Gasteiger partial charge in [-0.25, -0.2) is 0 Å². The molecule has 0 aliphatic rings. The lowest BCUT2D eigenvalue weighted by Gasteiger charge is -2.10. The summed E-state index contributed by atoms with van der Waals surface area (Å²) in [4.78, 5) is 20.3. The fourth-order valence-corrected chi connectivity index (χ4v) is 4.46. The normalized spacial score (nSPS) is 11.1. The van der Waals surface area contributed by atoms with Gasteiger partial charge in [0.2, 0.25) is 0 Å². The molecule has 0 radical (unpaired) electrons. The number of pyridine rings is 2. The average molecular weight is 477 g/mol. The number of aryl methyl sites for hydroxylation is 1. The van der Waals surface area contributed by atoms with Gasteiger partial charge in [0.15, 0.2) is 0 Å². The molecule has 0 bridgehead atoms. The molecule has 36 heavy (non-hydrogen) atoms. The Labute approximate surface area is 209 Å². The second kappa shape index (κ2) is 10.9. The van der Waals surface area contributed by atoms with E-state index in [1.54, 1.807) is 29.1 Å². The first-order chi connectivity index (χ1) is 17.7. The van der Waals surface area contributed by atoms with Crippen LogP contribution in [0.15, 0.2) is 84.0 Å². The van der Waals surface area contributed by atoms with E-state index < -0.39 is 0 Å². The average Bonchev–Trinajstić information content (AvgIpc) is 3.33. The van der Waals surface area contributed by atoms with Gasteiger partial charge in [-0.15, -0.1) is 0 Å². The zero-order chi connectivity index (χ0) is 24.7. The molecule has 7 nitrogen and oxygen atoms in total. The number of anilines is 1. The second-order valence-electron chi connectivity index (χ2n) is 8.79. The van der Waals surface area contributed by atoms with Gasteiger partial charge in [-0.1, -0.05) is 0 Å². The van der Waals surface area contributed by atoms with Crippen molar-refractivity contribution in [2.24, 2.45) is 0 Å². The number of nitriles is 1. The van der Waals surface area contributed by atoms with Crippen molar-refractivity contribution in [2.45, 2.75) is 19.3 Å². The third-order valence-corrected chi connectivity index (χ3v) is 6.39. The van der Waals surface area contributed by atoms with Crippen LogP contribution in [0, 0.1) is 11.3 Å². The van der Waals surface area contributed by atoms with E-state index >= 15 is 0 Å². The number of hydrogen-bond donors (Lipinski definition) is 3. The molecule has 5 aromatic rings. The summed E-state index contributed by atoms with van der Waals surface area (Å²) in [6, 6.07) is 21.3. The molecule has 0 unspecified atom stereocenters. The first kappa shape index (κ1) is 23.3. The van der Waals surface area contributed by atoms with Crippen molar-refractivity contribution in [3.05, 3.63) is 101 Å². The van der Waals surface area contributed by atoms with Crippen LogP contribution in [0.3, 0.4) is 0 Å². The zero-order valence-corrected chi connectivity index (χ0v) is 20.0. The van der Waals surface area contributed by atoms with Crippen LogP contribution in [0.5, 0.6) is 0 Å². The number of benzene rings is 2. The molecule has 0 atom stereocenters. The molecule has 3 N–H and O–H groups in total. The van der Waals surface area contributed by atoms with Crippen LogP contribution in [0.4, 0.5) is 5.69 Å². The number of nitrogens with zero attached hydrogens (tertiary/aromatic N) is 3. The number of unbranched alkanes of at least 4 members (excludes halogenated alkanes) is 1. The van der Waals surface area contributed by atoms with Crippen LogP contribution in [0.1, 0.15) is 24.0 Å². The van der Waals surface area contributed by atoms with Gasteiger partial charge in [0.25, 0.3) is 5.56 Å². The van der Waals surface area contributed by atoms with E-state index in [4.69, 9.17) is 5.26 Å². The van der Waals surface area contributed by atoms with Crippen LogP contribution in [0.2, 0.25) is 0 Å². The molecule has 5 rings (SSSR count). The summed E-state index contributed by atoms with van der Waals surface area (Å²) < 4.78 is 1.65. The Morgan fingerprint density at radius 1 is 0.972 bits per heavy atom. The molecular formula is C29H28N6O. The lowest BCUT2D eigenvalue weighted by molar-refractivity contribution is 0.633. The van der Waals surface area contributed by atoms with Gasteiger partial charge in [-0.05, 0) is 92.0 Å².